The first-order chi connectivity index (χ1) is 14.9. The maximum Gasteiger partial charge on any atom is 0.259 e. The van der Waals surface area contributed by atoms with Crippen molar-refractivity contribution in [2.24, 2.45) is 15.9 Å². The van der Waals surface area contributed by atoms with Crippen LogP contribution in [0, 0.1) is 5.92 Å². The normalized spacial score (nSPS) is 18.2. The smallest absolute Gasteiger partial charge is 0.259 e. The fraction of sp³-hybridized carbons (Fsp3) is 0.304. The van der Waals surface area contributed by atoms with Gasteiger partial charge in [-0.3, -0.25) is 14.6 Å². The van der Waals surface area contributed by atoms with Crippen molar-refractivity contribution in [1.82, 2.24) is 4.90 Å². The van der Waals surface area contributed by atoms with Crippen molar-refractivity contribution in [3.8, 4) is 5.75 Å². The second kappa shape index (κ2) is 8.55. The maximum atomic E-state index is 13.1. The van der Waals surface area contributed by atoms with Gasteiger partial charge in [-0.25, -0.2) is 9.89 Å². The topological polar surface area (TPSA) is 83.4 Å². The van der Waals surface area contributed by atoms with Crippen LogP contribution in [0.1, 0.15) is 26.3 Å². The number of hydrogen-bond acceptors (Lipinski definition) is 6. The summed E-state index contributed by atoms with van der Waals surface area (Å²) in [5.74, 6) is 1.04. The Morgan fingerprint density at radius 1 is 1.16 bits per heavy atom. The fourth-order valence-electron chi connectivity index (χ4n) is 3.44. The zero-order valence-corrected chi connectivity index (χ0v) is 18.6. The minimum Gasteiger partial charge on any atom is -0.497 e. The molecule has 4 rings (SSSR count). The van der Waals surface area contributed by atoms with Gasteiger partial charge in [0.2, 0.25) is 5.91 Å². The molecule has 160 valence electrons. The van der Waals surface area contributed by atoms with Crippen LogP contribution in [0.5, 0.6) is 5.75 Å². The van der Waals surface area contributed by atoms with E-state index in [1.165, 1.54) is 11.8 Å². The molecule has 2 aromatic rings. The number of fused-ring (bicyclic) bond motifs is 3. The minimum atomic E-state index is -0.484. The van der Waals surface area contributed by atoms with Crippen LogP contribution < -0.4 is 10.1 Å². The third-order valence-corrected chi connectivity index (χ3v) is 6.17. The molecule has 0 fully saturated rings. The second-order valence-corrected chi connectivity index (χ2v) is 9.02. The van der Waals surface area contributed by atoms with Gasteiger partial charge in [0.05, 0.1) is 18.0 Å². The standard InChI is InChI=1S/C23H24N4O3S/c1-13(2)19-22(29)27-20(26-19)17-10-5-6-11-18(17)25-23(27)31-14(3)21(28)24-15-8-7-9-16(12-15)30-4/h5-14,19H,1-4H3,(H,24,28). The highest BCUT2D eigenvalue weighted by atomic mass is 32.2. The number of amides is 2. The lowest BCUT2D eigenvalue weighted by atomic mass is 10.1. The van der Waals surface area contributed by atoms with Crippen molar-refractivity contribution < 1.29 is 14.3 Å². The number of methoxy groups -OCH3 is 1. The van der Waals surface area contributed by atoms with Gasteiger partial charge in [0.25, 0.3) is 5.91 Å². The number of aliphatic imine (C=N–C) groups is 2. The van der Waals surface area contributed by atoms with Crippen LogP contribution >= 0.6 is 11.8 Å². The minimum absolute atomic E-state index is 0.0674. The van der Waals surface area contributed by atoms with E-state index in [-0.39, 0.29) is 17.7 Å². The lowest BCUT2D eigenvalue weighted by Gasteiger charge is -2.27. The van der Waals surface area contributed by atoms with Crippen molar-refractivity contribution in [3.63, 3.8) is 0 Å². The number of carbonyl (C=O) groups excluding carboxylic acids is 2. The number of benzene rings is 2. The van der Waals surface area contributed by atoms with Gasteiger partial charge in [0, 0.05) is 17.3 Å². The Morgan fingerprint density at radius 2 is 1.94 bits per heavy atom. The van der Waals surface area contributed by atoms with Crippen LogP contribution in [0.4, 0.5) is 11.4 Å². The van der Waals surface area contributed by atoms with E-state index in [1.807, 2.05) is 50.2 Å². The molecule has 0 aromatic heterocycles. The summed E-state index contributed by atoms with van der Waals surface area (Å²) in [5.41, 5.74) is 2.22. The van der Waals surface area contributed by atoms with Crippen molar-refractivity contribution in [2.45, 2.75) is 32.1 Å². The summed E-state index contributed by atoms with van der Waals surface area (Å²) in [6.07, 6.45) is 0. The molecule has 0 bridgehead atoms. The Bertz CT molecular complexity index is 1100. The first-order valence-corrected chi connectivity index (χ1v) is 11.0. The lowest BCUT2D eigenvalue weighted by molar-refractivity contribution is -0.125. The van der Waals surface area contributed by atoms with Gasteiger partial charge in [-0.1, -0.05) is 43.8 Å². The average Bonchev–Trinajstić information content (AvgIpc) is 3.12. The molecule has 2 aliphatic heterocycles. The lowest BCUT2D eigenvalue weighted by Crippen LogP contribution is -2.43. The molecule has 0 spiro atoms. The first kappa shape index (κ1) is 21.1. The molecule has 2 atom stereocenters. The van der Waals surface area contributed by atoms with E-state index >= 15 is 0 Å². The van der Waals surface area contributed by atoms with E-state index in [9.17, 15) is 9.59 Å². The summed E-state index contributed by atoms with van der Waals surface area (Å²) in [6.45, 7) is 5.75. The predicted octanol–water partition coefficient (Wildman–Crippen LogP) is 4.07. The maximum absolute atomic E-state index is 13.1. The molecule has 2 amide bonds. The summed E-state index contributed by atoms with van der Waals surface area (Å²) in [4.78, 5) is 36.9. The van der Waals surface area contributed by atoms with Gasteiger partial charge >= 0.3 is 0 Å². The van der Waals surface area contributed by atoms with Crippen LogP contribution in [0.3, 0.4) is 0 Å². The quantitative estimate of drug-likeness (QED) is 0.766. The van der Waals surface area contributed by atoms with Crippen molar-refractivity contribution >= 4 is 46.0 Å². The van der Waals surface area contributed by atoms with E-state index in [1.54, 1.807) is 31.1 Å². The molecular formula is C23H24N4O3S. The van der Waals surface area contributed by atoms with Crippen LogP contribution in [0.15, 0.2) is 58.5 Å². The Labute approximate surface area is 185 Å². The summed E-state index contributed by atoms with van der Waals surface area (Å²) in [7, 11) is 1.58. The summed E-state index contributed by atoms with van der Waals surface area (Å²) in [6, 6.07) is 14.3. The number of carbonyl (C=O) groups is 2. The Morgan fingerprint density at radius 3 is 2.68 bits per heavy atom. The van der Waals surface area contributed by atoms with Crippen LogP contribution in [-0.4, -0.2) is 46.1 Å². The molecule has 0 radical (unpaired) electrons. The van der Waals surface area contributed by atoms with Crippen LogP contribution in [0.25, 0.3) is 0 Å². The number of nitrogens with zero attached hydrogens (tertiary/aromatic N) is 3. The van der Waals surface area contributed by atoms with Gasteiger partial charge in [0.1, 0.15) is 17.6 Å². The van der Waals surface area contributed by atoms with Crippen molar-refractivity contribution in [3.05, 3.63) is 54.1 Å². The van der Waals surface area contributed by atoms with Crippen molar-refractivity contribution in [1.29, 1.82) is 0 Å². The third kappa shape index (κ3) is 4.07. The number of ether oxygens (including phenoxy) is 1. The third-order valence-electron chi connectivity index (χ3n) is 5.12. The number of para-hydroxylation sites is 1. The van der Waals surface area contributed by atoms with Gasteiger partial charge in [-0.2, -0.15) is 0 Å². The highest BCUT2D eigenvalue weighted by molar-refractivity contribution is 8.15. The number of thioether (sulfide) groups is 1. The van der Waals surface area contributed by atoms with E-state index < -0.39 is 11.3 Å². The molecule has 1 N–H and O–H groups in total. The predicted molar refractivity (Wildman–Crippen MR) is 124 cm³/mol. The summed E-state index contributed by atoms with van der Waals surface area (Å²) in [5, 5.41) is 2.88. The zero-order chi connectivity index (χ0) is 22.1. The number of nitrogens with one attached hydrogen (secondary N) is 1. The molecule has 2 aromatic carbocycles. The van der Waals surface area contributed by atoms with Gasteiger partial charge < -0.3 is 10.1 Å². The molecule has 0 saturated heterocycles. The van der Waals surface area contributed by atoms with E-state index in [0.29, 0.717) is 22.4 Å². The Kier molecular flexibility index (Phi) is 5.82. The molecule has 8 heteroatoms. The summed E-state index contributed by atoms with van der Waals surface area (Å²) < 4.78 is 5.21. The number of amidine groups is 2. The van der Waals surface area contributed by atoms with Crippen LogP contribution in [-0.2, 0) is 9.59 Å². The molecule has 2 aliphatic rings. The number of rotatable bonds is 5. The van der Waals surface area contributed by atoms with E-state index in [0.717, 1.165) is 11.3 Å². The average molecular weight is 437 g/mol. The fourth-order valence-corrected chi connectivity index (χ4v) is 4.35. The molecule has 0 saturated carbocycles. The number of hydrogen-bond donors (Lipinski definition) is 1. The first-order valence-electron chi connectivity index (χ1n) is 10.1. The van der Waals surface area contributed by atoms with Crippen LogP contribution in [0.2, 0.25) is 0 Å². The number of anilines is 1. The monoisotopic (exact) mass is 436 g/mol. The van der Waals surface area contributed by atoms with Gasteiger partial charge in [0.15, 0.2) is 5.17 Å². The zero-order valence-electron chi connectivity index (χ0n) is 17.8. The molecular weight excluding hydrogens is 412 g/mol. The van der Waals surface area contributed by atoms with E-state index in [4.69, 9.17) is 14.7 Å². The van der Waals surface area contributed by atoms with Gasteiger partial charge in [-0.05, 0) is 37.1 Å². The molecule has 2 unspecified atom stereocenters. The molecule has 31 heavy (non-hydrogen) atoms. The van der Waals surface area contributed by atoms with Crippen molar-refractivity contribution in [2.75, 3.05) is 12.4 Å². The highest BCUT2D eigenvalue weighted by Crippen LogP contribution is 2.36. The van der Waals surface area contributed by atoms with E-state index in [2.05, 4.69) is 5.32 Å². The second-order valence-electron chi connectivity index (χ2n) is 7.71. The van der Waals surface area contributed by atoms with Gasteiger partial charge in [-0.15, -0.1) is 0 Å². The molecule has 0 aliphatic carbocycles. The molecule has 2 heterocycles. The Balaban J connectivity index is 1.58. The summed E-state index contributed by atoms with van der Waals surface area (Å²) >= 11 is 1.25. The Hall–Kier alpha value is -3.13. The molecule has 7 nitrogen and oxygen atoms in total. The SMILES string of the molecule is COc1cccc(NC(=O)C(C)SC2=Nc3ccccc3C3=NC(C(C)C)C(=O)N23)c1. The highest BCUT2D eigenvalue weighted by Gasteiger charge is 2.43. The largest absolute Gasteiger partial charge is 0.497 e.